The molecule has 1 saturated heterocycles. The number of piperidine rings is 1. The van der Waals surface area contributed by atoms with E-state index in [-0.39, 0.29) is 11.9 Å². The molecule has 0 spiro atoms. The van der Waals surface area contributed by atoms with E-state index in [4.69, 9.17) is 0 Å². The number of nitrogens with zero attached hydrogens (tertiary/aromatic N) is 3. The number of thiocarbonyl (C=S) groups is 1. The molecule has 4 nitrogen and oxygen atoms in total. The van der Waals surface area contributed by atoms with Crippen LogP contribution in [0.5, 0.6) is 0 Å². The molecule has 2 unspecified atom stereocenters. The second kappa shape index (κ2) is 10.8. The summed E-state index contributed by atoms with van der Waals surface area (Å²) in [6.45, 7) is 5.26. The first-order valence-electron chi connectivity index (χ1n) is 11.0. The summed E-state index contributed by atoms with van der Waals surface area (Å²) in [4.78, 5) is 22.8. The molecule has 32 heavy (non-hydrogen) atoms. The molecular weight excluding hydrogens is 434 g/mol. The Morgan fingerprint density at radius 2 is 1.94 bits per heavy atom. The molecule has 0 bridgehead atoms. The van der Waals surface area contributed by atoms with E-state index in [1.54, 1.807) is 0 Å². The summed E-state index contributed by atoms with van der Waals surface area (Å²) in [6, 6.07) is 22.3. The van der Waals surface area contributed by atoms with E-state index in [1.807, 2.05) is 64.9 Å². The zero-order valence-corrected chi connectivity index (χ0v) is 19.8. The average molecular weight is 462 g/mol. The summed E-state index contributed by atoms with van der Waals surface area (Å²) in [6.07, 6.45) is 1.96. The largest absolute Gasteiger partial charge is 0.304 e. The number of hydrogen-bond donors (Lipinski definition) is 0. The van der Waals surface area contributed by atoms with Crippen LogP contribution in [0.1, 0.15) is 28.6 Å². The number of rotatable bonds is 7. The van der Waals surface area contributed by atoms with Gasteiger partial charge in [0.15, 0.2) is 0 Å². The van der Waals surface area contributed by atoms with Gasteiger partial charge in [0.2, 0.25) is 0 Å². The summed E-state index contributed by atoms with van der Waals surface area (Å²) in [7, 11) is 0. The monoisotopic (exact) mass is 461 g/mol. The number of anilines is 1. The normalized spacial score (nSPS) is 18.7. The summed E-state index contributed by atoms with van der Waals surface area (Å²) < 4.78 is 0. The van der Waals surface area contributed by atoms with Gasteiger partial charge in [-0.15, -0.1) is 11.3 Å². The van der Waals surface area contributed by atoms with Crippen LogP contribution in [-0.2, 0) is 6.42 Å². The lowest BCUT2D eigenvalue weighted by Crippen LogP contribution is -2.52. The minimum Gasteiger partial charge on any atom is -0.304 e. The lowest BCUT2D eigenvalue weighted by Gasteiger charge is -2.42. The minimum absolute atomic E-state index is 0.107. The van der Waals surface area contributed by atoms with Gasteiger partial charge in [0.05, 0.1) is 15.7 Å². The Labute approximate surface area is 199 Å². The number of likely N-dealkylation sites (tertiary alicyclic amines) is 1. The van der Waals surface area contributed by atoms with Crippen molar-refractivity contribution in [2.24, 2.45) is 10.9 Å². The van der Waals surface area contributed by atoms with Crippen molar-refractivity contribution in [2.75, 3.05) is 24.5 Å². The quantitative estimate of drug-likeness (QED) is 0.316. The van der Waals surface area contributed by atoms with Crippen molar-refractivity contribution >= 4 is 46.0 Å². The van der Waals surface area contributed by atoms with E-state index in [0.29, 0.717) is 5.92 Å². The summed E-state index contributed by atoms with van der Waals surface area (Å²) in [5.41, 5.74) is 3.12. The fraction of sp³-hybridized carbons (Fsp3) is 0.308. The molecule has 4 rings (SSSR count). The van der Waals surface area contributed by atoms with Crippen molar-refractivity contribution in [3.8, 4) is 0 Å². The van der Waals surface area contributed by atoms with Crippen LogP contribution in [-0.4, -0.2) is 41.6 Å². The van der Waals surface area contributed by atoms with Gasteiger partial charge in [0.25, 0.3) is 5.91 Å². The first kappa shape index (κ1) is 22.6. The smallest absolute Gasteiger partial charge is 0.268 e. The Morgan fingerprint density at radius 3 is 2.59 bits per heavy atom. The molecule has 6 heteroatoms. The van der Waals surface area contributed by atoms with Gasteiger partial charge in [-0.2, -0.15) is 4.99 Å². The van der Waals surface area contributed by atoms with Gasteiger partial charge in [-0.3, -0.25) is 4.79 Å². The van der Waals surface area contributed by atoms with Crippen LogP contribution in [0.2, 0.25) is 0 Å². The summed E-state index contributed by atoms with van der Waals surface area (Å²) >= 11 is 6.18. The molecule has 0 N–H and O–H groups in total. The third-order valence-electron chi connectivity index (χ3n) is 6.09. The third kappa shape index (κ3) is 5.40. The van der Waals surface area contributed by atoms with Crippen LogP contribution in [0, 0.1) is 5.92 Å². The molecule has 1 aliphatic heterocycles. The van der Waals surface area contributed by atoms with Gasteiger partial charge in [-0.1, -0.05) is 43.3 Å². The highest BCUT2D eigenvalue weighted by Crippen LogP contribution is 2.30. The maximum absolute atomic E-state index is 13.4. The topological polar surface area (TPSA) is 35.9 Å². The van der Waals surface area contributed by atoms with E-state index in [0.717, 1.165) is 48.7 Å². The molecule has 1 amide bonds. The molecule has 1 aliphatic rings. The minimum atomic E-state index is 0.107. The molecule has 164 valence electrons. The second-order valence-corrected chi connectivity index (χ2v) is 9.37. The van der Waals surface area contributed by atoms with Crippen molar-refractivity contribution < 1.29 is 4.79 Å². The van der Waals surface area contributed by atoms with Crippen molar-refractivity contribution in [3.63, 3.8) is 0 Å². The Kier molecular flexibility index (Phi) is 7.61. The zero-order valence-electron chi connectivity index (χ0n) is 18.2. The second-order valence-electron chi connectivity index (χ2n) is 8.24. The average Bonchev–Trinajstić information content (AvgIpc) is 3.36. The predicted molar refractivity (Wildman–Crippen MR) is 136 cm³/mol. The van der Waals surface area contributed by atoms with Gasteiger partial charge in [0, 0.05) is 31.4 Å². The highest BCUT2D eigenvalue weighted by atomic mass is 32.1. The number of hydrogen-bond acceptors (Lipinski definition) is 5. The van der Waals surface area contributed by atoms with Crippen LogP contribution in [0.4, 0.5) is 11.4 Å². The molecule has 2 aromatic carbocycles. The predicted octanol–water partition coefficient (Wildman–Crippen LogP) is 6.08. The van der Waals surface area contributed by atoms with E-state index < -0.39 is 0 Å². The first-order valence-corrected chi connectivity index (χ1v) is 12.3. The number of isothiocyanates is 1. The summed E-state index contributed by atoms with van der Waals surface area (Å²) in [5.74, 6) is 0.489. The van der Waals surface area contributed by atoms with Crippen LogP contribution in [0.15, 0.2) is 77.1 Å². The molecule has 2 atom stereocenters. The van der Waals surface area contributed by atoms with Crippen molar-refractivity contribution in [2.45, 2.75) is 25.8 Å². The van der Waals surface area contributed by atoms with Crippen molar-refractivity contribution in [1.29, 1.82) is 0 Å². The molecule has 0 saturated carbocycles. The van der Waals surface area contributed by atoms with Crippen molar-refractivity contribution in [1.82, 2.24) is 4.90 Å². The third-order valence-corrected chi connectivity index (χ3v) is 7.04. The van der Waals surface area contributed by atoms with E-state index in [1.165, 1.54) is 16.9 Å². The van der Waals surface area contributed by atoms with Gasteiger partial charge in [-0.05, 0) is 72.3 Å². The Morgan fingerprint density at radius 1 is 1.16 bits per heavy atom. The SMILES string of the molecule is CC1CN(CCc2ccc(N=C=S)cc2)CCC1N(C(=O)c1cccs1)c1ccccc1. The molecule has 0 aliphatic carbocycles. The van der Waals surface area contributed by atoms with Crippen LogP contribution < -0.4 is 4.90 Å². The Bertz CT molecular complexity index is 1060. The van der Waals surface area contributed by atoms with Gasteiger partial charge < -0.3 is 9.80 Å². The first-order chi connectivity index (χ1) is 15.7. The van der Waals surface area contributed by atoms with Crippen LogP contribution >= 0.6 is 23.6 Å². The maximum atomic E-state index is 13.4. The van der Waals surface area contributed by atoms with Crippen LogP contribution in [0.25, 0.3) is 0 Å². The number of carbonyl (C=O) groups is 1. The van der Waals surface area contributed by atoms with Gasteiger partial charge in [0.1, 0.15) is 0 Å². The number of amides is 1. The van der Waals surface area contributed by atoms with E-state index in [2.05, 4.69) is 46.3 Å². The molecule has 1 aromatic heterocycles. The molecular formula is C26H27N3OS2. The fourth-order valence-corrected chi connectivity index (χ4v) is 5.22. The number of thiophene rings is 1. The number of aliphatic imine (C=N–C) groups is 1. The summed E-state index contributed by atoms with van der Waals surface area (Å²) in [5, 5.41) is 4.38. The highest BCUT2D eigenvalue weighted by Gasteiger charge is 2.34. The Balaban J connectivity index is 1.42. The van der Waals surface area contributed by atoms with Crippen molar-refractivity contribution in [3.05, 3.63) is 82.6 Å². The zero-order chi connectivity index (χ0) is 22.3. The van der Waals surface area contributed by atoms with Crippen LogP contribution in [0.3, 0.4) is 0 Å². The molecule has 1 fully saturated rings. The van der Waals surface area contributed by atoms with E-state index >= 15 is 0 Å². The number of carbonyl (C=O) groups excluding carboxylic acids is 1. The Hall–Kier alpha value is -2.63. The molecule has 2 heterocycles. The molecule has 3 aromatic rings. The number of benzene rings is 2. The van der Waals surface area contributed by atoms with E-state index in [9.17, 15) is 4.79 Å². The fourth-order valence-electron chi connectivity index (χ4n) is 4.45. The highest BCUT2D eigenvalue weighted by molar-refractivity contribution is 7.78. The standard InChI is InChI=1S/C26H27N3OS2/c1-20-18-28(15-13-21-9-11-22(12-10-21)27-19-31)16-14-24(20)29(23-6-3-2-4-7-23)26(30)25-8-5-17-32-25/h2-12,17,20,24H,13-16,18H2,1H3. The maximum Gasteiger partial charge on any atom is 0.268 e. The number of para-hydroxylation sites is 1. The van der Waals surface area contributed by atoms with Gasteiger partial charge in [-0.25, -0.2) is 0 Å². The van der Waals surface area contributed by atoms with Gasteiger partial charge >= 0.3 is 0 Å². The lowest BCUT2D eigenvalue weighted by molar-refractivity contribution is 0.0937. The lowest BCUT2D eigenvalue weighted by atomic mass is 9.91. The molecule has 0 radical (unpaired) electrons.